The Hall–Kier alpha value is -0.970. The van der Waals surface area contributed by atoms with Crippen LogP contribution < -0.4 is 5.32 Å². The lowest BCUT2D eigenvalue weighted by atomic mass is 9.86. The molecule has 18 heavy (non-hydrogen) atoms. The molecule has 4 nitrogen and oxygen atoms in total. The van der Waals surface area contributed by atoms with Gasteiger partial charge in [0, 0.05) is 6.42 Å². The zero-order chi connectivity index (χ0) is 12.5. The van der Waals surface area contributed by atoms with E-state index in [1.807, 2.05) is 6.92 Å². The van der Waals surface area contributed by atoms with Gasteiger partial charge < -0.3 is 5.32 Å². The molecular weight excluding hydrogens is 246 g/mol. The normalized spacial score (nSPS) is 29.7. The Labute approximate surface area is 111 Å². The predicted octanol–water partition coefficient (Wildman–Crippen LogP) is 2.87. The van der Waals surface area contributed by atoms with Crippen LogP contribution in [0.4, 0.5) is 5.13 Å². The Bertz CT molecular complexity index is 445. The molecule has 0 radical (unpaired) electrons. The topological polar surface area (TPSA) is 54.9 Å². The van der Waals surface area contributed by atoms with Crippen LogP contribution in [0.3, 0.4) is 0 Å². The Morgan fingerprint density at radius 2 is 2.28 bits per heavy atom. The van der Waals surface area contributed by atoms with Gasteiger partial charge in [-0.3, -0.25) is 4.79 Å². The summed E-state index contributed by atoms with van der Waals surface area (Å²) in [4.78, 5) is 12.0. The van der Waals surface area contributed by atoms with E-state index in [-0.39, 0.29) is 5.91 Å². The quantitative estimate of drug-likeness (QED) is 0.910. The summed E-state index contributed by atoms with van der Waals surface area (Å²) in [7, 11) is 0. The first-order valence-corrected chi connectivity index (χ1v) is 7.68. The van der Waals surface area contributed by atoms with E-state index in [1.54, 1.807) is 0 Å². The van der Waals surface area contributed by atoms with Crippen LogP contribution >= 0.6 is 11.3 Å². The first-order valence-electron chi connectivity index (χ1n) is 6.86. The molecule has 0 saturated heterocycles. The van der Waals surface area contributed by atoms with Gasteiger partial charge in [0.15, 0.2) is 0 Å². The minimum atomic E-state index is 0.117. The van der Waals surface area contributed by atoms with Crippen LogP contribution in [0.25, 0.3) is 0 Å². The summed E-state index contributed by atoms with van der Waals surface area (Å²) in [6.45, 7) is 2.04. The van der Waals surface area contributed by atoms with Gasteiger partial charge in [-0.15, -0.1) is 10.2 Å². The standard InChI is InChI=1S/C13H19N3OS/c1-2-12-15-16-13(18-12)14-11(17)7-10-6-8-3-4-9(10)5-8/h8-10H,2-7H2,1H3,(H,14,16,17)/t8-,9-,10-/m1/s1. The van der Waals surface area contributed by atoms with Gasteiger partial charge in [0.1, 0.15) is 5.01 Å². The minimum absolute atomic E-state index is 0.117. The summed E-state index contributed by atoms with van der Waals surface area (Å²) in [5, 5.41) is 12.5. The molecule has 2 aliphatic rings. The average molecular weight is 265 g/mol. The van der Waals surface area contributed by atoms with E-state index in [0.29, 0.717) is 17.5 Å². The maximum absolute atomic E-state index is 12.0. The van der Waals surface area contributed by atoms with Gasteiger partial charge in [0.05, 0.1) is 0 Å². The van der Waals surface area contributed by atoms with Crippen LogP contribution in [0.5, 0.6) is 0 Å². The van der Waals surface area contributed by atoms with Crippen LogP contribution in [-0.4, -0.2) is 16.1 Å². The molecule has 98 valence electrons. The van der Waals surface area contributed by atoms with E-state index in [1.165, 1.54) is 37.0 Å². The Morgan fingerprint density at radius 1 is 1.39 bits per heavy atom. The molecule has 2 bridgehead atoms. The van der Waals surface area contributed by atoms with Crippen LogP contribution in [-0.2, 0) is 11.2 Å². The van der Waals surface area contributed by atoms with Gasteiger partial charge in [0.25, 0.3) is 0 Å². The van der Waals surface area contributed by atoms with Crippen molar-refractivity contribution in [3.05, 3.63) is 5.01 Å². The Balaban J connectivity index is 1.52. The number of rotatable bonds is 4. The third kappa shape index (κ3) is 2.41. The summed E-state index contributed by atoms with van der Waals surface area (Å²) in [6.07, 6.45) is 6.88. The van der Waals surface area contributed by atoms with Gasteiger partial charge >= 0.3 is 0 Å². The summed E-state index contributed by atoms with van der Waals surface area (Å²) >= 11 is 1.48. The van der Waals surface area contributed by atoms with Crippen LogP contribution in [0.1, 0.15) is 44.0 Å². The van der Waals surface area contributed by atoms with Crippen molar-refractivity contribution in [3.8, 4) is 0 Å². The fourth-order valence-electron chi connectivity index (χ4n) is 3.48. The van der Waals surface area contributed by atoms with E-state index < -0.39 is 0 Å². The van der Waals surface area contributed by atoms with Crippen LogP contribution in [0.2, 0.25) is 0 Å². The highest BCUT2D eigenvalue weighted by atomic mass is 32.1. The third-order valence-electron chi connectivity index (χ3n) is 4.35. The van der Waals surface area contributed by atoms with Gasteiger partial charge in [-0.2, -0.15) is 0 Å². The second kappa shape index (κ2) is 4.96. The molecule has 1 aromatic rings. The highest BCUT2D eigenvalue weighted by Crippen LogP contribution is 2.49. The summed E-state index contributed by atoms with van der Waals surface area (Å²) < 4.78 is 0. The van der Waals surface area contributed by atoms with Crippen LogP contribution in [0, 0.1) is 17.8 Å². The molecular formula is C13H19N3OS. The Kier molecular flexibility index (Phi) is 3.33. The second-order valence-corrected chi connectivity index (χ2v) is 6.60. The van der Waals surface area contributed by atoms with Gasteiger partial charge in [-0.25, -0.2) is 0 Å². The zero-order valence-corrected chi connectivity index (χ0v) is 11.5. The minimum Gasteiger partial charge on any atom is -0.301 e. The first kappa shape index (κ1) is 12.1. The summed E-state index contributed by atoms with van der Waals surface area (Å²) in [5.41, 5.74) is 0. The van der Waals surface area contributed by atoms with E-state index in [9.17, 15) is 4.79 Å². The number of nitrogens with zero attached hydrogens (tertiary/aromatic N) is 2. The smallest absolute Gasteiger partial charge is 0.226 e. The number of aromatic nitrogens is 2. The van der Waals surface area contributed by atoms with Crippen molar-refractivity contribution in [2.24, 2.45) is 17.8 Å². The fourth-order valence-corrected chi connectivity index (χ4v) is 4.18. The fraction of sp³-hybridized carbons (Fsp3) is 0.769. The number of carbonyl (C=O) groups excluding carboxylic acids is 1. The highest BCUT2D eigenvalue weighted by Gasteiger charge is 2.40. The van der Waals surface area contributed by atoms with Crippen molar-refractivity contribution in [2.75, 3.05) is 5.32 Å². The molecule has 0 unspecified atom stereocenters. The van der Waals surface area contributed by atoms with Gasteiger partial charge in [-0.05, 0) is 43.4 Å². The predicted molar refractivity (Wildman–Crippen MR) is 71.5 cm³/mol. The number of aryl methyl sites for hydroxylation is 1. The van der Waals surface area contributed by atoms with Crippen molar-refractivity contribution < 1.29 is 4.79 Å². The maximum Gasteiger partial charge on any atom is 0.226 e. The molecule has 5 heteroatoms. The highest BCUT2D eigenvalue weighted by molar-refractivity contribution is 7.15. The molecule has 1 heterocycles. The van der Waals surface area contributed by atoms with Gasteiger partial charge in [0.2, 0.25) is 11.0 Å². The molecule has 3 atom stereocenters. The number of hydrogen-bond acceptors (Lipinski definition) is 4. The molecule has 1 aromatic heterocycles. The molecule has 3 rings (SSSR count). The molecule has 1 N–H and O–H groups in total. The third-order valence-corrected chi connectivity index (χ3v) is 5.33. The molecule has 0 spiro atoms. The number of anilines is 1. The molecule has 2 fully saturated rings. The molecule has 2 aliphatic carbocycles. The zero-order valence-electron chi connectivity index (χ0n) is 10.7. The monoisotopic (exact) mass is 265 g/mol. The Morgan fingerprint density at radius 3 is 2.89 bits per heavy atom. The maximum atomic E-state index is 12.0. The molecule has 1 amide bonds. The first-order chi connectivity index (χ1) is 8.74. The van der Waals surface area contributed by atoms with E-state index in [0.717, 1.165) is 23.3 Å². The number of carbonyl (C=O) groups is 1. The lowest BCUT2D eigenvalue weighted by molar-refractivity contribution is -0.117. The lowest BCUT2D eigenvalue weighted by Gasteiger charge is -2.20. The summed E-state index contributed by atoms with van der Waals surface area (Å²) in [6, 6.07) is 0. The summed E-state index contributed by atoms with van der Waals surface area (Å²) in [5.74, 6) is 2.44. The van der Waals surface area contributed by atoms with E-state index in [2.05, 4.69) is 15.5 Å². The van der Waals surface area contributed by atoms with E-state index >= 15 is 0 Å². The van der Waals surface area contributed by atoms with Crippen molar-refractivity contribution in [2.45, 2.75) is 45.4 Å². The van der Waals surface area contributed by atoms with Crippen molar-refractivity contribution in [1.82, 2.24) is 10.2 Å². The SMILES string of the molecule is CCc1nnc(NC(=O)C[C@H]2C[C@@H]3CC[C@@H]2C3)s1. The number of nitrogens with one attached hydrogen (secondary N) is 1. The van der Waals surface area contributed by atoms with Gasteiger partial charge in [-0.1, -0.05) is 24.7 Å². The lowest BCUT2D eigenvalue weighted by Crippen LogP contribution is -2.20. The second-order valence-electron chi connectivity index (χ2n) is 5.54. The van der Waals surface area contributed by atoms with Crippen molar-refractivity contribution in [3.63, 3.8) is 0 Å². The molecule has 0 aromatic carbocycles. The van der Waals surface area contributed by atoms with E-state index in [4.69, 9.17) is 0 Å². The van der Waals surface area contributed by atoms with Crippen LogP contribution in [0.15, 0.2) is 0 Å². The molecule has 0 aliphatic heterocycles. The number of amides is 1. The average Bonchev–Trinajstić information content (AvgIpc) is 3.04. The number of fused-ring (bicyclic) bond motifs is 2. The molecule has 2 saturated carbocycles. The van der Waals surface area contributed by atoms with Crippen molar-refractivity contribution in [1.29, 1.82) is 0 Å². The largest absolute Gasteiger partial charge is 0.301 e. The van der Waals surface area contributed by atoms with Crippen molar-refractivity contribution >= 4 is 22.4 Å². The number of hydrogen-bond donors (Lipinski definition) is 1.